The van der Waals surface area contributed by atoms with E-state index in [0.717, 1.165) is 22.1 Å². The van der Waals surface area contributed by atoms with Gasteiger partial charge in [0.05, 0.1) is 0 Å². The Morgan fingerprint density at radius 1 is 0.875 bits per heavy atom. The highest BCUT2D eigenvalue weighted by molar-refractivity contribution is 6.00. The second kappa shape index (κ2) is 3.41. The highest BCUT2D eigenvalue weighted by atomic mass is 14.6. The molecule has 2 aromatic carbocycles. The molecule has 2 rings (SSSR count). The Morgan fingerprint density at radius 2 is 1.56 bits per heavy atom. The predicted molar refractivity (Wildman–Crippen MR) is 71.5 cm³/mol. The van der Waals surface area contributed by atoms with Crippen molar-refractivity contribution >= 4 is 22.1 Å². The average molecular weight is 214 g/mol. The molecule has 2 aromatic rings. The molecule has 0 heterocycles. The van der Waals surface area contributed by atoms with Crippen LogP contribution in [0, 0.1) is 0 Å². The molecule has 0 amide bonds. The van der Waals surface area contributed by atoms with E-state index in [-0.39, 0.29) is 5.41 Å². The molecule has 4 N–H and O–H groups in total. The van der Waals surface area contributed by atoms with Gasteiger partial charge in [-0.25, -0.2) is 0 Å². The molecule has 0 aliphatic rings. The lowest BCUT2D eigenvalue weighted by Crippen LogP contribution is -2.11. The topological polar surface area (TPSA) is 52.0 Å². The Hall–Kier alpha value is -1.70. The smallest absolute Gasteiger partial charge is 0.0397 e. The van der Waals surface area contributed by atoms with Crippen molar-refractivity contribution in [3.8, 4) is 0 Å². The normalized spacial score (nSPS) is 11.9. The summed E-state index contributed by atoms with van der Waals surface area (Å²) in [6, 6.07) is 10.0. The minimum atomic E-state index is 0.0879. The van der Waals surface area contributed by atoms with Crippen LogP contribution in [0.5, 0.6) is 0 Å². The van der Waals surface area contributed by atoms with E-state index in [0.29, 0.717) is 0 Å². The maximum absolute atomic E-state index is 6.07. The Balaban J connectivity index is 2.81. The lowest BCUT2D eigenvalue weighted by atomic mass is 9.85. The van der Waals surface area contributed by atoms with E-state index >= 15 is 0 Å². The van der Waals surface area contributed by atoms with Gasteiger partial charge in [0, 0.05) is 22.1 Å². The summed E-state index contributed by atoms with van der Waals surface area (Å²) in [6.07, 6.45) is 0. The Bertz CT molecular complexity index is 536. The standard InChI is InChI=1S/C14H18N2/c1-14(2,3)9-7-11-10(13(16)8-9)5-4-6-12(11)15/h4-8H,15-16H2,1-3H3. The molecule has 0 unspecified atom stereocenters. The number of nitrogens with two attached hydrogens (primary N) is 2. The maximum Gasteiger partial charge on any atom is 0.0397 e. The zero-order chi connectivity index (χ0) is 11.9. The van der Waals surface area contributed by atoms with E-state index in [1.54, 1.807) is 0 Å². The van der Waals surface area contributed by atoms with E-state index in [4.69, 9.17) is 11.5 Å². The van der Waals surface area contributed by atoms with E-state index in [1.807, 2.05) is 24.3 Å². The summed E-state index contributed by atoms with van der Waals surface area (Å²) in [5.41, 5.74) is 14.9. The minimum Gasteiger partial charge on any atom is -0.398 e. The van der Waals surface area contributed by atoms with Gasteiger partial charge in [-0.3, -0.25) is 0 Å². The maximum atomic E-state index is 6.07. The summed E-state index contributed by atoms with van der Waals surface area (Å²) in [7, 11) is 0. The summed E-state index contributed by atoms with van der Waals surface area (Å²) in [6.45, 7) is 6.52. The summed E-state index contributed by atoms with van der Waals surface area (Å²) in [5.74, 6) is 0. The first-order chi connectivity index (χ1) is 7.39. The molecule has 0 saturated carbocycles. The van der Waals surface area contributed by atoms with Gasteiger partial charge in [0.15, 0.2) is 0 Å². The van der Waals surface area contributed by atoms with Gasteiger partial charge in [-0.1, -0.05) is 32.9 Å². The van der Waals surface area contributed by atoms with Crippen molar-refractivity contribution in [2.24, 2.45) is 0 Å². The minimum absolute atomic E-state index is 0.0879. The number of nitrogen functional groups attached to an aromatic ring is 2. The van der Waals surface area contributed by atoms with Crippen molar-refractivity contribution in [1.29, 1.82) is 0 Å². The first kappa shape index (κ1) is 10.8. The number of anilines is 2. The van der Waals surface area contributed by atoms with Crippen LogP contribution in [0.1, 0.15) is 26.3 Å². The highest BCUT2D eigenvalue weighted by Crippen LogP contribution is 2.32. The summed E-state index contributed by atoms with van der Waals surface area (Å²) < 4.78 is 0. The van der Waals surface area contributed by atoms with Crippen molar-refractivity contribution in [3.63, 3.8) is 0 Å². The SMILES string of the molecule is CC(C)(C)c1cc(N)c2cccc(N)c2c1. The van der Waals surface area contributed by atoms with E-state index in [1.165, 1.54) is 5.56 Å². The largest absolute Gasteiger partial charge is 0.398 e. The summed E-state index contributed by atoms with van der Waals surface area (Å²) in [5, 5.41) is 2.08. The van der Waals surface area contributed by atoms with Gasteiger partial charge in [0.25, 0.3) is 0 Å². The predicted octanol–water partition coefficient (Wildman–Crippen LogP) is 3.30. The van der Waals surface area contributed by atoms with Gasteiger partial charge >= 0.3 is 0 Å². The third-order valence-electron chi connectivity index (χ3n) is 2.93. The molecular formula is C14H18N2. The van der Waals surface area contributed by atoms with Crippen molar-refractivity contribution in [2.75, 3.05) is 11.5 Å². The lowest BCUT2D eigenvalue weighted by molar-refractivity contribution is 0.591. The number of rotatable bonds is 0. The van der Waals surface area contributed by atoms with Gasteiger partial charge in [0.2, 0.25) is 0 Å². The van der Waals surface area contributed by atoms with Crippen LogP contribution in [0.25, 0.3) is 10.8 Å². The van der Waals surface area contributed by atoms with E-state index in [2.05, 4.69) is 26.8 Å². The van der Waals surface area contributed by atoms with Gasteiger partial charge in [-0.15, -0.1) is 0 Å². The second-order valence-corrected chi connectivity index (χ2v) is 5.26. The summed E-state index contributed by atoms with van der Waals surface area (Å²) >= 11 is 0. The van der Waals surface area contributed by atoms with Crippen LogP contribution in [0.2, 0.25) is 0 Å². The monoisotopic (exact) mass is 214 g/mol. The van der Waals surface area contributed by atoms with Gasteiger partial charge < -0.3 is 11.5 Å². The third-order valence-corrected chi connectivity index (χ3v) is 2.93. The fraction of sp³-hybridized carbons (Fsp3) is 0.286. The second-order valence-electron chi connectivity index (χ2n) is 5.26. The van der Waals surface area contributed by atoms with Crippen LogP contribution >= 0.6 is 0 Å². The van der Waals surface area contributed by atoms with Crippen molar-refractivity contribution in [2.45, 2.75) is 26.2 Å². The van der Waals surface area contributed by atoms with Crippen molar-refractivity contribution in [1.82, 2.24) is 0 Å². The van der Waals surface area contributed by atoms with Crippen molar-refractivity contribution in [3.05, 3.63) is 35.9 Å². The molecule has 2 heteroatoms. The first-order valence-electron chi connectivity index (χ1n) is 5.48. The fourth-order valence-corrected chi connectivity index (χ4v) is 1.87. The van der Waals surface area contributed by atoms with Crippen LogP contribution in [-0.4, -0.2) is 0 Å². The molecule has 16 heavy (non-hydrogen) atoms. The van der Waals surface area contributed by atoms with E-state index < -0.39 is 0 Å². The quantitative estimate of drug-likeness (QED) is 0.661. The zero-order valence-electron chi connectivity index (χ0n) is 10.0. The third kappa shape index (κ3) is 1.71. The number of fused-ring (bicyclic) bond motifs is 1. The van der Waals surface area contributed by atoms with Gasteiger partial charge in [0.1, 0.15) is 0 Å². The number of hydrogen-bond donors (Lipinski definition) is 2. The molecule has 84 valence electrons. The first-order valence-corrected chi connectivity index (χ1v) is 5.48. The lowest BCUT2D eigenvalue weighted by Gasteiger charge is -2.21. The van der Waals surface area contributed by atoms with Crippen LogP contribution in [0.15, 0.2) is 30.3 Å². The van der Waals surface area contributed by atoms with Crippen LogP contribution in [0.4, 0.5) is 11.4 Å². The highest BCUT2D eigenvalue weighted by Gasteiger charge is 2.15. The fourth-order valence-electron chi connectivity index (χ4n) is 1.87. The Kier molecular flexibility index (Phi) is 2.30. The molecule has 0 spiro atoms. The molecule has 0 aromatic heterocycles. The van der Waals surface area contributed by atoms with E-state index in [9.17, 15) is 0 Å². The summed E-state index contributed by atoms with van der Waals surface area (Å²) in [4.78, 5) is 0. The van der Waals surface area contributed by atoms with Gasteiger partial charge in [-0.05, 0) is 29.2 Å². The molecule has 0 atom stereocenters. The molecule has 0 aliphatic carbocycles. The number of benzene rings is 2. The molecular weight excluding hydrogens is 196 g/mol. The molecule has 0 bridgehead atoms. The van der Waals surface area contributed by atoms with Gasteiger partial charge in [-0.2, -0.15) is 0 Å². The van der Waals surface area contributed by atoms with Crippen molar-refractivity contribution < 1.29 is 0 Å². The number of hydrogen-bond acceptors (Lipinski definition) is 2. The molecule has 0 aliphatic heterocycles. The molecule has 2 nitrogen and oxygen atoms in total. The van der Waals surface area contributed by atoms with Crippen LogP contribution in [-0.2, 0) is 5.41 Å². The Morgan fingerprint density at radius 3 is 2.19 bits per heavy atom. The van der Waals surface area contributed by atoms with Crippen LogP contribution in [0.3, 0.4) is 0 Å². The Labute approximate surface area is 96.3 Å². The zero-order valence-corrected chi connectivity index (χ0v) is 10.0. The molecule has 0 radical (unpaired) electrons. The molecule has 0 fully saturated rings. The van der Waals surface area contributed by atoms with Crippen LogP contribution < -0.4 is 11.5 Å². The molecule has 0 saturated heterocycles. The average Bonchev–Trinajstić information content (AvgIpc) is 2.18.